The van der Waals surface area contributed by atoms with Crippen LogP contribution in [-0.2, 0) is 13.5 Å². The Morgan fingerprint density at radius 3 is 2.84 bits per heavy atom. The number of hydrogen-bond acceptors (Lipinski definition) is 7. The van der Waals surface area contributed by atoms with Gasteiger partial charge in [-0.2, -0.15) is 5.10 Å². The number of pyridine rings is 1. The second kappa shape index (κ2) is 7.23. The number of oxazole rings is 1. The second-order valence-corrected chi connectivity index (χ2v) is 8.41. The fourth-order valence-electron chi connectivity index (χ4n) is 3.83. The normalized spacial score (nSPS) is 14.1. The molecule has 1 aliphatic heterocycles. The Balaban J connectivity index is 1.48. The van der Waals surface area contributed by atoms with E-state index in [0.717, 1.165) is 28.9 Å². The van der Waals surface area contributed by atoms with Crippen molar-refractivity contribution in [3.8, 4) is 28.3 Å². The first-order valence-electron chi connectivity index (χ1n) is 10.1. The minimum Gasteiger partial charge on any atom is -0.487 e. The van der Waals surface area contributed by atoms with Gasteiger partial charge in [-0.05, 0) is 38.1 Å². The van der Waals surface area contributed by atoms with Crippen LogP contribution in [0.3, 0.4) is 0 Å². The molecular weight excluding hydrogens is 408 g/mol. The average Bonchev–Trinajstić information content (AvgIpc) is 3.44. The van der Waals surface area contributed by atoms with Gasteiger partial charge in [0, 0.05) is 53.8 Å². The molecule has 1 amide bonds. The van der Waals surface area contributed by atoms with Crippen LogP contribution < -0.4 is 15.8 Å². The van der Waals surface area contributed by atoms with Crippen molar-refractivity contribution in [2.45, 2.75) is 25.9 Å². The molecule has 5 rings (SSSR count). The summed E-state index contributed by atoms with van der Waals surface area (Å²) in [5, 5.41) is 7.23. The minimum atomic E-state index is -0.384. The van der Waals surface area contributed by atoms with Gasteiger partial charge in [-0.25, -0.2) is 9.97 Å². The first-order valence-corrected chi connectivity index (χ1v) is 10.1. The number of benzene rings is 1. The monoisotopic (exact) mass is 430 g/mol. The van der Waals surface area contributed by atoms with Crippen LogP contribution in [0.5, 0.6) is 5.75 Å². The fourth-order valence-corrected chi connectivity index (χ4v) is 3.83. The van der Waals surface area contributed by atoms with Crippen molar-refractivity contribution >= 4 is 17.4 Å². The lowest BCUT2D eigenvalue weighted by Gasteiger charge is -2.17. The molecule has 0 fully saturated rings. The van der Waals surface area contributed by atoms with Crippen molar-refractivity contribution < 1.29 is 13.9 Å². The van der Waals surface area contributed by atoms with E-state index < -0.39 is 0 Å². The zero-order chi connectivity index (χ0) is 22.5. The number of carbonyl (C=O) groups is 1. The molecule has 0 bridgehead atoms. The van der Waals surface area contributed by atoms with Crippen LogP contribution in [0.15, 0.2) is 53.5 Å². The van der Waals surface area contributed by atoms with E-state index >= 15 is 0 Å². The number of rotatable bonds is 4. The van der Waals surface area contributed by atoms with Gasteiger partial charge in [0.25, 0.3) is 5.91 Å². The molecule has 162 valence electrons. The number of aryl methyl sites for hydroxylation is 1. The molecule has 1 aliphatic rings. The minimum absolute atomic E-state index is 0.157. The molecule has 0 spiro atoms. The number of nitrogens with two attached hydrogens (primary N) is 1. The number of nitrogen functional groups attached to an aromatic ring is 1. The fraction of sp³-hybridized carbons (Fsp3) is 0.217. The van der Waals surface area contributed by atoms with Crippen LogP contribution in [-0.4, -0.2) is 31.3 Å². The smallest absolute Gasteiger partial charge is 0.277 e. The Labute approximate surface area is 184 Å². The van der Waals surface area contributed by atoms with Gasteiger partial charge in [-0.1, -0.05) is 0 Å². The Morgan fingerprint density at radius 1 is 1.25 bits per heavy atom. The highest BCUT2D eigenvalue weighted by Gasteiger charge is 2.31. The third-order valence-corrected chi connectivity index (χ3v) is 5.23. The lowest BCUT2D eigenvalue weighted by molar-refractivity contribution is 0.102. The van der Waals surface area contributed by atoms with Gasteiger partial charge in [0.15, 0.2) is 5.69 Å². The summed E-state index contributed by atoms with van der Waals surface area (Å²) in [6.07, 6.45) is 7.27. The summed E-state index contributed by atoms with van der Waals surface area (Å²) in [6.45, 7) is 4.08. The van der Waals surface area contributed by atoms with E-state index in [9.17, 15) is 4.79 Å². The molecule has 9 nitrogen and oxygen atoms in total. The third kappa shape index (κ3) is 3.68. The van der Waals surface area contributed by atoms with Crippen molar-refractivity contribution in [1.29, 1.82) is 0 Å². The van der Waals surface area contributed by atoms with Gasteiger partial charge in [0.05, 0.1) is 6.20 Å². The van der Waals surface area contributed by atoms with E-state index in [0.29, 0.717) is 23.0 Å². The topological polar surface area (TPSA) is 121 Å². The SMILES string of the molecule is Cn1cc(-c2cc3c(cc2NC(=O)c2coc(-c4ccnc(N)c4)n2)CC(C)(C)O3)cn1. The first-order chi connectivity index (χ1) is 15.3. The van der Waals surface area contributed by atoms with Crippen molar-refractivity contribution in [3.63, 3.8) is 0 Å². The van der Waals surface area contributed by atoms with E-state index in [2.05, 4.69) is 20.4 Å². The lowest BCUT2D eigenvalue weighted by Crippen LogP contribution is -2.24. The Kier molecular flexibility index (Phi) is 4.47. The maximum Gasteiger partial charge on any atom is 0.277 e. The summed E-state index contributed by atoms with van der Waals surface area (Å²) >= 11 is 0. The number of hydrogen-bond donors (Lipinski definition) is 2. The number of fused-ring (bicyclic) bond motifs is 1. The molecule has 0 atom stereocenters. The van der Waals surface area contributed by atoms with Crippen LogP contribution in [0.1, 0.15) is 29.9 Å². The third-order valence-electron chi connectivity index (χ3n) is 5.23. The van der Waals surface area contributed by atoms with Gasteiger partial charge in [-0.15, -0.1) is 0 Å². The number of amides is 1. The summed E-state index contributed by atoms with van der Waals surface area (Å²) in [6, 6.07) is 7.25. The van der Waals surface area contributed by atoms with Crippen LogP contribution in [0.2, 0.25) is 0 Å². The standard InChI is InChI=1S/C23H22N6O3/c1-23(2)9-14-6-17(16(8-19(14)32-23)15-10-26-29(3)11-15)27-21(30)18-12-31-22(28-18)13-4-5-25-20(24)7-13/h4-8,10-12H,9H2,1-3H3,(H2,24,25)(H,27,30). The molecular formula is C23H22N6O3. The predicted molar refractivity (Wildman–Crippen MR) is 119 cm³/mol. The highest BCUT2D eigenvalue weighted by molar-refractivity contribution is 6.05. The summed E-state index contributed by atoms with van der Waals surface area (Å²) in [5.74, 6) is 1.06. The van der Waals surface area contributed by atoms with Crippen molar-refractivity contribution in [1.82, 2.24) is 19.7 Å². The van der Waals surface area contributed by atoms with E-state index in [1.54, 1.807) is 29.2 Å². The van der Waals surface area contributed by atoms with Crippen LogP contribution in [0.4, 0.5) is 11.5 Å². The highest BCUT2D eigenvalue weighted by atomic mass is 16.5. The Hall–Kier alpha value is -4.14. The molecule has 3 N–H and O–H groups in total. The number of nitrogens with one attached hydrogen (secondary N) is 1. The zero-order valence-corrected chi connectivity index (χ0v) is 17.9. The largest absolute Gasteiger partial charge is 0.487 e. The van der Waals surface area contributed by atoms with Gasteiger partial charge in [0.2, 0.25) is 5.89 Å². The molecule has 4 heterocycles. The number of carbonyl (C=O) groups excluding carboxylic acids is 1. The van der Waals surface area contributed by atoms with E-state index in [4.69, 9.17) is 14.9 Å². The lowest BCUT2D eigenvalue weighted by atomic mass is 9.98. The number of nitrogens with zero attached hydrogens (tertiary/aromatic N) is 4. The Bertz CT molecular complexity index is 1340. The molecule has 4 aromatic rings. The van der Waals surface area contributed by atoms with E-state index in [1.165, 1.54) is 6.26 Å². The molecule has 0 unspecified atom stereocenters. The number of aromatic nitrogens is 4. The van der Waals surface area contributed by atoms with Crippen molar-refractivity contribution in [3.05, 3.63) is 60.4 Å². The van der Waals surface area contributed by atoms with E-state index in [-0.39, 0.29) is 17.2 Å². The maximum atomic E-state index is 13.0. The maximum absolute atomic E-state index is 13.0. The highest BCUT2D eigenvalue weighted by Crippen LogP contribution is 2.41. The Morgan fingerprint density at radius 2 is 2.09 bits per heavy atom. The van der Waals surface area contributed by atoms with Crippen molar-refractivity contribution in [2.24, 2.45) is 7.05 Å². The summed E-state index contributed by atoms with van der Waals surface area (Å²) in [7, 11) is 1.84. The van der Waals surface area contributed by atoms with Gasteiger partial charge >= 0.3 is 0 Å². The van der Waals surface area contributed by atoms with Gasteiger partial charge in [0.1, 0.15) is 23.4 Å². The molecule has 3 aromatic heterocycles. The van der Waals surface area contributed by atoms with E-state index in [1.807, 2.05) is 39.2 Å². The average molecular weight is 430 g/mol. The quantitative estimate of drug-likeness (QED) is 0.506. The molecule has 1 aromatic carbocycles. The first kappa shape index (κ1) is 19.8. The van der Waals surface area contributed by atoms with Crippen LogP contribution in [0.25, 0.3) is 22.6 Å². The number of anilines is 2. The van der Waals surface area contributed by atoms with Gasteiger partial charge in [-0.3, -0.25) is 9.48 Å². The molecule has 0 saturated carbocycles. The second-order valence-electron chi connectivity index (χ2n) is 8.41. The number of ether oxygens (including phenoxy) is 1. The summed E-state index contributed by atoms with van der Waals surface area (Å²) < 4.78 is 13.3. The van der Waals surface area contributed by atoms with Crippen LogP contribution in [0, 0.1) is 0 Å². The molecule has 0 aliphatic carbocycles. The summed E-state index contributed by atoms with van der Waals surface area (Å²) in [4.78, 5) is 21.3. The van der Waals surface area contributed by atoms with Crippen molar-refractivity contribution in [2.75, 3.05) is 11.1 Å². The van der Waals surface area contributed by atoms with Gasteiger partial charge < -0.3 is 20.2 Å². The van der Waals surface area contributed by atoms with Crippen LogP contribution >= 0.6 is 0 Å². The predicted octanol–water partition coefficient (Wildman–Crippen LogP) is 3.69. The molecule has 0 saturated heterocycles. The summed E-state index contributed by atoms with van der Waals surface area (Å²) in [5.41, 5.74) is 9.59. The zero-order valence-electron chi connectivity index (χ0n) is 17.9. The molecule has 32 heavy (non-hydrogen) atoms. The molecule has 9 heteroatoms. The molecule has 0 radical (unpaired) electrons.